The van der Waals surface area contributed by atoms with E-state index in [1.807, 2.05) is 0 Å². The molecule has 0 saturated heterocycles. The third-order valence-corrected chi connectivity index (χ3v) is 1.05. The second-order valence-corrected chi connectivity index (χ2v) is 2.51. The number of hydrogen-bond acceptors (Lipinski definition) is 1. The van der Waals surface area contributed by atoms with Crippen molar-refractivity contribution >= 4 is 6.98 Å². The van der Waals surface area contributed by atoms with Crippen LogP contribution in [0.25, 0.3) is 0 Å². The fourth-order valence-electron chi connectivity index (χ4n) is 0.580. The van der Waals surface area contributed by atoms with Crippen molar-refractivity contribution < 1.29 is 95.4 Å². The number of ether oxygens (including phenoxy) is 1. The molecule has 0 saturated carbocycles. The molecule has 1 nitrogen and oxygen atoms in total. The maximum Gasteiger partial charge on any atom is 1.00 e. The molecular weight excluding hydrogens is 285 g/mol. The molecule has 0 spiro atoms. The molecule has 0 heterocycles. The van der Waals surface area contributed by atoms with Gasteiger partial charge in [-0.2, -0.15) is 26.3 Å². The summed E-state index contributed by atoms with van der Waals surface area (Å²) < 4.78 is 106. The van der Waals surface area contributed by atoms with Crippen molar-refractivity contribution in [2.45, 2.75) is 18.5 Å². The number of rotatable bonds is 3. The zero-order valence-corrected chi connectivity index (χ0v) is 10.8. The van der Waals surface area contributed by atoms with Crippen molar-refractivity contribution in [1.29, 1.82) is 0 Å². The van der Waals surface area contributed by atoms with Crippen LogP contribution in [-0.4, -0.2) is 31.9 Å². The van der Waals surface area contributed by atoms with E-state index in [2.05, 4.69) is 4.74 Å². The molecule has 0 amide bonds. The zero-order valence-electron chi connectivity index (χ0n) is 7.67. The Balaban J connectivity index is 0. The average molecular weight is 288 g/mol. The van der Waals surface area contributed by atoms with Crippen LogP contribution in [0.15, 0.2) is 0 Å². The minimum absolute atomic E-state index is 0. The van der Waals surface area contributed by atoms with Gasteiger partial charge in [-0.05, 0) is 0 Å². The van der Waals surface area contributed by atoms with Crippen molar-refractivity contribution in [2.75, 3.05) is 6.51 Å². The number of halogens is 9. The molecule has 0 N–H and O–H groups in total. The van der Waals surface area contributed by atoms with Gasteiger partial charge in [0.1, 0.15) is 0 Å². The van der Waals surface area contributed by atoms with Crippen LogP contribution >= 0.6 is 0 Å². The molecule has 0 aliphatic heterocycles. The van der Waals surface area contributed by atoms with Gasteiger partial charge >= 0.3 is 70.7 Å². The van der Waals surface area contributed by atoms with Crippen LogP contribution in [0, 0.1) is 0 Å². The first-order chi connectivity index (χ1) is 6.34. The molecule has 16 heavy (non-hydrogen) atoms. The van der Waals surface area contributed by atoms with E-state index >= 15 is 0 Å². The van der Waals surface area contributed by atoms with Gasteiger partial charge in [0.2, 0.25) is 6.10 Å². The third kappa shape index (κ3) is 8.17. The predicted molar refractivity (Wildman–Crippen MR) is 30.9 cm³/mol. The molecule has 0 atom stereocenters. The molecular formula is C4H3BF9KO. The topological polar surface area (TPSA) is 9.23 Å². The van der Waals surface area contributed by atoms with Gasteiger partial charge < -0.3 is 17.7 Å². The van der Waals surface area contributed by atoms with E-state index < -0.39 is 31.9 Å². The first kappa shape index (κ1) is 19.4. The van der Waals surface area contributed by atoms with E-state index in [9.17, 15) is 39.3 Å². The minimum atomic E-state index is -5.92. The summed E-state index contributed by atoms with van der Waals surface area (Å²) >= 11 is 0. The molecule has 0 bridgehead atoms. The van der Waals surface area contributed by atoms with Gasteiger partial charge in [-0.25, -0.2) is 0 Å². The van der Waals surface area contributed by atoms with Crippen LogP contribution in [0.1, 0.15) is 0 Å². The van der Waals surface area contributed by atoms with E-state index in [1.54, 1.807) is 0 Å². The van der Waals surface area contributed by atoms with Crippen LogP contribution in [0.3, 0.4) is 0 Å². The smallest absolute Gasteiger partial charge is 0.447 e. The first-order valence-corrected chi connectivity index (χ1v) is 3.30. The van der Waals surface area contributed by atoms with Crippen LogP contribution in [0.2, 0.25) is 0 Å². The summed E-state index contributed by atoms with van der Waals surface area (Å²) in [6.45, 7) is -8.41. The SMILES string of the molecule is F[B-](F)(F)COC(C(F)(F)F)C(F)(F)F.[K+]. The summed E-state index contributed by atoms with van der Waals surface area (Å²) in [6, 6.07) is 0. The average Bonchev–Trinajstić information content (AvgIpc) is 1.75. The Kier molecular flexibility index (Phi) is 7.59. The van der Waals surface area contributed by atoms with Gasteiger partial charge in [0.25, 0.3) is 0 Å². The molecule has 0 aliphatic rings. The van der Waals surface area contributed by atoms with Crippen molar-refractivity contribution in [2.24, 2.45) is 0 Å². The second kappa shape index (κ2) is 6.27. The zero-order chi connectivity index (χ0) is 12.5. The molecule has 0 aromatic rings. The molecule has 0 aliphatic carbocycles. The quantitative estimate of drug-likeness (QED) is 0.520. The van der Waals surface area contributed by atoms with Crippen molar-refractivity contribution in [3.63, 3.8) is 0 Å². The Labute approximate surface area is 126 Å². The van der Waals surface area contributed by atoms with Crippen LogP contribution < -0.4 is 51.4 Å². The Morgan fingerprint density at radius 1 is 0.875 bits per heavy atom. The second-order valence-electron chi connectivity index (χ2n) is 2.51. The molecule has 0 aromatic carbocycles. The molecule has 0 rings (SSSR count). The maximum atomic E-state index is 11.6. The van der Waals surface area contributed by atoms with Crippen molar-refractivity contribution in [3.05, 3.63) is 0 Å². The Morgan fingerprint density at radius 3 is 1.38 bits per heavy atom. The maximum absolute atomic E-state index is 11.6. The molecule has 92 valence electrons. The van der Waals surface area contributed by atoms with Gasteiger partial charge in [0.05, 0.1) is 0 Å². The van der Waals surface area contributed by atoms with Crippen LogP contribution in [0.5, 0.6) is 0 Å². The largest absolute Gasteiger partial charge is 1.00 e. The minimum Gasteiger partial charge on any atom is -0.447 e. The van der Waals surface area contributed by atoms with Gasteiger partial charge in [0.15, 0.2) is 0 Å². The van der Waals surface area contributed by atoms with E-state index in [4.69, 9.17) is 0 Å². The summed E-state index contributed by atoms with van der Waals surface area (Å²) in [7, 11) is 0. The first-order valence-electron chi connectivity index (χ1n) is 3.30. The Morgan fingerprint density at radius 2 is 1.19 bits per heavy atom. The van der Waals surface area contributed by atoms with Crippen LogP contribution in [-0.2, 0) is 4.74 Å². The van der Waals surface area contributed by atoms with E-state index in [-0.39, 0.29) is 51.4 Å². The fourth-order valence-corrected chi connectivity index (χ4v) is 0.580. The monoisotopic (exact) mass is 288 g/mol. The third-order valence-electron chi connectivity index (χ3n) is 1.05. The summed E-state index contributed by atoms with van der Waals surface area (Å²) in [5.74, 6) is 0. The summed E-state index contributed by atoms with van der Waals surface area (Å²) in [4.78, 5) is 0. The van der Waals surface area contributed by atoms with Gasteiger partial charge in [0, 0.05) is 6.51 Å². The van der Waals surface area contributed by atoms with Crippen molar-refractivity contribution in [1.82, 2.24) is 0 Å². The number of hydrogen-bond donors (Lipinski definition) is 0. The molecule has 12 heteroatoms. The predicted octanol–water partition coefficient (Wildman–Crippen LogP) is -0.113. The standard InChI is InChI=1S/C4H3BF9O.K/c6-3(7,8)2(4(9,10)11)15-1-5(12,13)14;/h2H,1H2;/q-1;+1. The van der Waals surface area contributed by atoms with Gasteiger partial charge in [-0.3, -0.25) is 0 Å². The van der Waals surface area contributed by atoms with Gasteiger partial charge in [-0.15, -0.1) is 0 Å². The molecule has 0 fully saturated rings. The van der Waals surface area contributed by atoms with Crippen molar-refractivity contribution in [3.8, 4) is 0 Å². The summed E-state index contributed by atoms with van der Waals surface area (Å²) in [5, 5.41) is 0. The molecule has 0 aromatic heterocycles. The fraction of sp³-hybridized carbons (Fsp3) is 1.00. The summed E-state index contributed by atoms with van der Waals surface area (Å²) in [6.07, 6.45) is -16.2. The van der Waals surface area contributed by atoms with Gasteiger partial charge in [-0.1, -0.05) is 0 Å². The molecule has 0 radical (unpaired) electrons. The molecule has 0 unspecified atom stereocenters. The number of alkyl halides is 6. The Hall–Kier alpha value is 1.03. The van der Waals surface area contributed by atoms with E-state index in [0.29, 0.717) is 0 Å². The Bertz CT molecular complexity index is 193. The van der Waals surface area contributed by atoms with E-state index in [1.165, 1.54) is 0 Å². The summed E-state index contributed by atoms with van der Waals surface area (Å²) in [5.41, 5.74) is 0. The van der Waals surface area contributed by atoms with E-state index in [0.717, 1.165) is 0 Å². The normalized spacial score (nSPS) is 13.9. The van der Waals surface area contributed by atoms with Crippen LogP contribution in [0.4, 0.5) is 39.3 Å².